The van der Waals surface area contributed by atoms with E-state index in [1.165, 1.54) is 11.1 Å². The van der Waals surface area contributed by atoms with Crippen LogP contribution in [0.1, 0.15) is 73.9 Å². The number of phenols is 2. The zero-order valence-corrected chi connectivity index (χ0v) is 20.7. The first-order valence-electron chi connectivity index (χ1n) is 11.9. The Morgan fingerprint density at radius 1 is 0.500 bits per heavy atom. The van der Waals surface area contributed by atoms with Gasteiger partial charge in [0, 0.05) is 27.9 Å². The lowest BCUT2D eigenvalue weighted by atomic mass is 9.75. The third-order valence-electron chi connectivity index (χ3n) is 7.42. The van der Waals surface area contributed by atoms with Gasteiger partial charge >= 0.3 is 0 Å². The van der Waals surface area contributed by atoms with Gasteiger partial charge in [0.05, 0.1) is 0 Å². The highest BCUT2D eigenvalue weighted by Gasteiger charge is 2.28. The molecule has 4 rings (SSSR count). The average molecular weight is 451 g/mol. The second-order valence-electron chi connectivity index (χ2n) is 10.3. The lowest BCUT2D eigenvalue weighted by molar-refractivity contribution is 0.455. The quantitative estimate of drug-likeness (QED) is 0.313. The molecular formula is C32H34O2. The maximum Gasteiger partial charge on any atom is 0.119 e. The SMILES string of the molecule is CC(c1cc(C(C)(C)c2ccccc2)ccc1O)c1cc(C(C)(C)c2ccccc2)ccc1O. The first-order chi connectivity index (χ1) is 16.1. The summed E-state index contributed by atoms with van der Waals surface area (Å²) in [6.07, 6.45) is 0. The van der Waals surface area contributed by atoms with Gasteiger partial charge in [0.25, 0.3) is 0 Å². The molecule has 0 aliphatic rings. The fourth-order valence-corrected chi connectivity index (χ4v) is 4.79. The summed E-state index contributed by atoms with van der Waals surface area (Å²) in [6, 6.07) is 32.5. The number of benzene rings is 4. The summed E-state index contributed by atoms with van der Waals surface area (Å²) in [5.41, 5.74) is 5.86. The molecule has 0 fully saturated rings. The molecule has 4 aromatic carbocycles. The van der Waals surface area contributed by atoms with Crippen LogP contribution in [-0.4, -0.2) is 10.2 Å². The minimum Gasteiger partial charge on any atom is -0.508 e. The molecule has 2 N–H and O–H groups in total. The summed E-state index contributed by atoms with van der Waals surface area (Å²) in [7, 11) is 0. The molecule has 0 bridgehead atoms. The molecule has 0 aliphatic carbocycles. The highest BCUT2D eigenvalue weighted by molar-refractivity contribution is 5.52. The van der Waals surface area contributed by atoms with Crippen molar-refractivity contribution < 1.29 is 10.2 Å². The van der Waals surface area contributed by atoms with Crippen molar-refractivity contribution in [2.45, 2.75) is 51.4 Å². The van der Waals surface area contributed by atoms with Crippen molar-refractivity contribution in [1.29, 1.82) is 0 Å². The Labute approximate surface area is 203 Å². The van der Waals surface area contributed by atoms with Crippen LogP contribution in [0.4, 0.5) is 0 Å². The number of hydrogen-bond acceptors (Lipinski definition) is 2. The molecule has 0 spiro atoms. The number of hydrogen-bond donors (Lipinski definition) is 2. The van der Waals surface area contributed by atoms with E-state index in [1.54, 1.807) is 12.1 Å². The molecule has 2 nitrogen and oxygen atoms in total. The second kappa shape index (κ2) is 9.02. The van der Waals surface area contributed by atoms with E-state index in [2.05, 4.69) is 88.4 Å². The third-order valence-corrected chi connectivity index (χ3v) is 7.42. The van der Waals surface area contributed by atoms with Gasteiger partial charge in [0.1, 0.15) is 11.5 Å². The van der Waals surface area contributed by atoms with Crippen molar-refractivity contribution >= 4 is 0 Å². The lowest BCUT2D eigenvalue weighted by Gasteiger charge is -2.29. The Bertz CT molecular complexity index is 1170. The van der Waals surface area contributed by atoms with E-state index < -0.39 is 0 Å². The smallest absolute Gasteiger partial charge is 0.119 e. The number of aromatic hydroxyl groups is 2. The minimum absolute atomic E-state index is 0.182. The third kappa shape index (κ3) is 4.33. The van der Waals surface area contributed by atoms with E-state index in [9.17, 15) is 10.2 Å². The molecule has 4 aromatic rings. The first-order valence-corrected chi connectivity index (χ1v) is 11.9. The van der Waals surface area contributed by atoms with Gasteiger partial charge in [-0.05, 0) is 34.4 Å². The molecule has 0 saturated heterocycles. The predicted molar refractivity (Wildman–Crippen MR) is 141 cm³/mol. The summed E-state index contributed by atoms with van der Waals surface area (Å²) in [6.45, 7) is 10.8. The lowest BCUT2D eigenvalue weighted by Crippen LogP contribution is -2.20. The predicted octanol–water partition coefficient (Wildman–Crippen LogP) is 7.90. The van der Waals surface area contributed by atoms with Gasteiger partial charge in [-0.1, -0.05) is 120 Å². The molecule has 0 saturated carbocycles. The fourth-order valence-electron chi connectivity index (χ4n) is 4.79. The molecule has 0 atom stereocenters. The van der Waals surface area contributed by atoms with Crippen LogP contribution in [-0.2, 0) is 10.8 Å². The van der Waals surface area contributed by atoms with Crippen LogP contribution in [0.3, 0.4) is 0 Å². The van der Waals surface area contributed by atoms with Crippen LogP contribution in [0, 0.1) is 0 Å². The Morgan fingerprint density at radius 3 is 1.21 bits per heavy atom. The Kier molecular flexibility index (Phi) is 6.27. The van der Waals surface area contributed by atoms with Crippen molar-refractivity contribution in [3.8, 4) is 11.5 Å². The van der Waals surface area contributed by atoms with E-state index in [0.717, 1.165) is 22.3 Å². The summed E-state index contributed by atoms with van der Waals surface area (Å²) in [5.74, 6) is 0.303. The first kappa shape index (κ1) is 23.6. The van der Waals surface area contributed by atoms with Crippen LogP contribution in [0.2, 0.25) is 0 Å². The van der Waals surface area contributed by atoms with Gasteiger partial charge in [-0.25, -0.2) is 0 Å². The van der Waals surface area contributed by atoms with Gasteiger partial charge in [0.2, 0.25) is 0 Å². The van der Waals surface area contributed by atoms with E-state index in [4.69, 9.17) is 0 Å². The van der Waals surface area contributed by atoms with Crippen LogP contribution in [0.25, 0.3) is 0 Å². The van der Waals surface area contributed by atoms with Gasteiger partial charge in [0.15, 0.2) is 0 Å². The van der Waals surface area contributed by atoms with Gasteiger partial charge in [-0.2, -0.15) is 0 Å². The van der Waals surface area contributed by atoms with Crippen LogP contribution < -0.4 is 0 Å². The Morgan fingerprint density at radius 2 is 0.853 bits per heavy atom. The minimum atomic E-state index is -0.220. The zero-order chi connectivity index (χ0) is 24.5. The van der Waals surface area contributed by atoms with Crippen LogP contribution >= 0.6 is 0 Å². The van der Waals surface area contributed by atoms with E-state index >= 15 is 0 Å². The largest absolute Gasteiger partial charge is 0.508 e. The molecule has 0 aromatic heterocycles. The van der Waals surface area contributed by atoms with Crippen LogP contribution in [0.5, 0.6) is 11.5 Å². The Hall–Kier alpha value is -3.52. The highest BCUT2D eigenvalue weighted by Crippen LogP contribution is 2.42. The fraction of sp³-hybridized carbons (Fsp3) is 0.250. The second-order valence-corrected chi connectivity index (χ2v) is 10.3. The Balaban J connectivity index is 1.76. The maximum atomic E-state index is 10.8. The molecule has 0 radical (unpaired) electrons. The van der Waals surface area contributed by atoms with Crippen molar-refractivity contribution in [3.05, 3.63) is 130 Å². The molecule has 2 heteroatoms. The van der Waals surface area contributed by atoms with Gasteiger partial charge < -0.3 is 10.2 Å². The highest BCUT2D eigenvalue weighted by atomic mass is 16.3. The molecule has 174 valence electrons. The van der Waals surface area contributed by atoms with Crippen molar-refractivity contribution in [2.75, 3.05) is 0 Å². The van der Waals surface area contributed by atoms with E-state index in [-0.39, 0.29) is 28.2 Å². The molecule has 0 aliphatic heterocycles. The average Bonchev–Trinajstić information content (AvgIpc) is 2.85. The number of phenolic OH excluding ortho intramolecular Hbond substituents is 2. The molecule has 34 heavy (non-hydrogen) atoms. The molecular weight excluding hydrogens is 416 g/mol. The van der Waals surface area contributed by atoms with Crippen molar-refractivity contribution in [3.63, 3.8) is 0 Å². The summed E-state index contributed by atoms with van der Waals surface area (Å²) in [5, 5.41) is 21.6. The van der Waals surface area contributed by atoms with E-state index in [0.29, 0.717) is 0 Å². The molecule has 0 amide bonds. The maximum absolute atomic E-state index is 10.8. The zero-order valence-electron chi connectivity index (χ0n) is 20.7. The van der Waals surface area contributed by atoms with Crippen LogP contribution in [0.15, 0.2) is 97.1 Å². The topological polar surface area (TPSA) is 40.5 Å². The molecule has 0 heterocycles. The van der Waals surface area contributed by atoms with Crippen molar-refractivity contribution in [2.24, 2.45) is 0 Å². The monoisotopic (exact) mass is 450 g/mol. The van der Waals surface area contributed by atoms with E-state index in [1.807, 2.05) is 31.2 Å². The molecule has 0 unspecified atom stereocenters. The van der Waals surface area contributed by atoms with Crippen molar-refractivity contribution in [1.82, 2.24) is 0 Å². The normalized spacial score (nSPS) is 12.2. The number of rotatable bonds is 6. The summed E-state index contributed by atoms with van der Waals surface area (Å²) in [4.78, 5) is 0. The standard InChI is InChI=1S/C32H34O2/c1-22(27-20-25(16-18-29(27)33)31(2,3)23-12-8-6-9-13-23)28-21-26(17-19-30(28)34)32(4,5)24-14-10-7-11-15-24/h6-22,33-34H,1-5H3. The van der Waals surface area contributed by atoms with Gasteiger partial charge in [-0.3, -0.25) is 0 Å². The summed E-state index contributed by atoms with van der Waals surface area (Å²) >= 11 is 0. The summed E-state index contributed by atoms with van der Waals surface area (Å²) < 4.78 is 0. The van der Waals surface area contributed by atoms with Gasteiger partial charge in [-0.15, -0.1) is 0 Å².